The predicted octanol–water partition coefficient (Wildman–Crippen LogP) is 1.22. The highest BCUT2D eigenvalue weighted by Crippen LogP contribution is 2.17. The zero-order chi connectivity index (χ0) is 14.4. The van der Waals surface area contributed by atoms with Crippen molar-refractivity contribution in [1.29, 1.82) is 0 Å². The minimum Gasteiger partial charge on any atom is -0.485 e. The molecule has 2 rings (SSSR count). The van der Waals surface area contributed by atoms with E-state index in [4.69, 9.17) is 21.4 Å². The molecule has 1 aromatic heterocycles. The molecule has 0 spiro atoms. The smallest absolute Gasteiger partial charge is 0.188 e. The van der Waals surface area contributed by atoms with Crippen LogP contribution in [0, 0.1) is 0 Å². The Morgan fingerprint density at radius 3 is 3.00 bits per heavy atom. The van der Waals surface area contributed by atoms with Crippen LogP contribution in [0.15, 0.2) is 24.3 Å². The fraction of sp³-hybridized carbons (Fsp3) is 0.385. The van der Waals surface area contributed by atoms with Gasteiger partial charge in [0.2, 0.25) is 0 Å². The number of hydrogen-bond acceptors (Lipinski definition) is 5. The Morgan fingerprint density at radius 1 is 1.45 bits per heavy atom. The summed E-state index contributed by atoms with van der Waals surface area (Å²) in [6.07, 6.45) is 0. The minimum absolute atomic E-state index is 0.0225. The van der Waals surface area contributed by atoms with E-state index in [1.807, 2.05) is 19.2 Å². The second-order valence-electron chi connectivity index (χ2n) is 4.17. The lowest BCUT2D eigenvalue weighted by molar-refractivity contribution is 0.263. The van der Waals surface area contributed by atoms with Crippen LogP contribution in [-0.4, -0.2) is 33.5 Å². The molecule has 0 atom stereocenters. The largest absolute Gasteiger partial charge is 0.485 e. The van der Waals surface area contributed by atoms with Gasteiger partial charge in [-0.2, -0.15) is 5.10 Å². The van der Waals surface area contributed by atoms with Crippen LogP contribution in [0.25, 0.3) is 0 Å². The first-order chi connectivity index (χ1) is 9.72. The number of halogens is 1. The zero-order valence-corrected chi connectivity index (χ0v) is 12.0. The summed E-state index contributed by atoms with van der Waals surface area (Å²) in [4.78, 5) is 4.38. The number of rotatable bonds is 7. The van der Waals surface area contributed by atoms with Gasteiger partial charge in [-0.1, -0.05) is 17.7 Å². The lowest BCUT2D eigenvalue weighted by Gasteiger charge is -2.03. The van der Waals surface area contributed by atoms with E-state index in [0.717, 1.165) is 5.82 Å². The average molecular weight is 297 g/mol. The van der Waals surface area contributed by atoms with E-state index in [1.165, 1.54) is 0 Å². The van der Waals surface area contributed by atoms with E-state index in [9.17, 15) is 0 Å². The fourth-order valence-electron chi connectivity index (χ4n) is 1.75. The van der Waals surface area contributed by atoms with Gasteiger partial charge >= 0.3 is 0 Å². The summed E-state index contributed by atoms with van der Waals surface area (Å²) in [6.45, 7) is 1.29. The molecule has 0 aliphatic heterocycles. The molecule has 0 fully saturated rings. The lowest BCUT2D eigenvalue weighted by Crippen LogP contribution is -2.14. The van der Waals surface area contributed by atoms with Crippen molar-refractivity contribution in [3.05, 3.63) is 40.9 Å². The third-order valence-electron chi connectivity index (χ3n) is 2.60. The fourth-order valence-corrected chi connectivity index (χ4v) is 1.93. The Balaban J connectivity index is 2.03. The first-order valence-electron chi connectivity index (χ1n) is 6.29. The van der Waals surface area contributed by atoms with Gasteiger partial charge in [0.05, 0.1) is 19.7 Å². The van der Waals surface area contributed by atoms with Gasteiger partial charge in [0.25, 0.3) is 0 Å². The summed E-state index contributed by atoms with van der Waals surface area (Å²) in [6, 6.07) is 7.17. The van der Waals surface area contributed by atoms with Crippen LogP contribution in [0.1, 0.15) is 11.6 Å². The van der Waals surface area contributed by atoms with Crippen molar-refractivity contribution in [1.82, 2.24) is 20.1 Å². The Bertz CT molecular complexity index is 536. The van der Waals surface area contributed by atoms with Crippen LogP contribution in [0.5, 0.6) is 5.75 Å². The lowest BCUT2D eigenvalue weighted by atomic mass is 10.3. The van der Waals surface area contributed by atoms with Crippen LogP contribution in [0.4, 0.5) is 0 Å². The summed E-state index contributed by atoms with van der Waals surface area (Å²) in [5.41, 5.74) is 0. The highest BCUT2D eigenvalue weighted by atomic mass is 35.5. The Hall–Kier alpha value is -1.63. The molecule has 7 heteroatoms. The number of aromatic nitrogens is 3. The first kappa shape index (κ1) is 14.8. The molecule has 1 heterocycles. The van der Waals surface area contributed by atoms with E-state index < -0.39 is 0 Å². The topological polar surface area (TPSA) is 72.2 Å². The van der Waals surface area contributed by atoms with Crippen molar-refractivity contribution in [3.63, 3.8) is 0 Å². The number of nitrogens with zero attached hydrogens (tertiary/aromatic N) is 3. The number of aliphatic hydroxyl groups excluding tert-OH is 1. The normalized spacial score (nSPS) is 10.8. The maximum atomic E-state index is 9.01. The Morgan fingerprint density at radius 2 is 2.30 bits per heavy atom. The predicted molar refractivity (Wildman–Crippen MR) is 75.7 cm³/mol. The molecule has 2 aromatic rings. The van der Waals surface area contributed by atoms with E-state index >= 15 is 0 Å². The van der Waals surface area contributed by atoms with E-state index in [2.05, 4.69) is 15.4 Å². The molecule has 20 heavy (non-hydrogen) atoms. The molecule has 0 saturated carbocycles. The molecular formula is C13H17ClN4O2. The number of ether oxygens (including phenoxy) is 1. The third-order valence-corrected chi connectivity index (χ3v) is 2.84. The van der Waals surface area contributed by atoms with E-state index in [1.54, 1.807) is 16.8 Å². The summed E-state index contributed by atoms with van der Waals surface area (Å²) < 4.78 is 7.27. The number of hydrogen-bond donors (Lipinski definition) is 2. The zero-order valence-electron chi connectivity index (χ0n) is 11.2. The van der Waals surface area contributed by atoms with Gasteiger partial charge in [-0.3, -0.25) is 0 Å². The number of benzene rings is 1. The molecule has 0 saturated heterocycles. The van der Waals surface area contributed by atoms with Crippen molar-refractivity contribution in [3.8, 4) is 5.75 Å². The molecule has 2 N–H and O–H groups in total. The van der Waals surface area contributed by atoms with Gasteiger partial charge in [-0.15, -0.1) is 0 Å². The highest BCUT2D eigenvalue weighted by molar-refractivity contribution is 6.30. The quantitative estimate of drug-likeness (QED) is 0.804. The molecule has 0 aliphatic rings. The molecule has 0 aliphatic carbocycles. The molecule has 1 aromatic carbocycles. The Kier molecular flexibility index (Phi) is 5.34. The summed E-state index contributed by atoms with van der Waals surface area (Å²) >= 11 is 5.89. The molecule has 0 bridgehead atoms. The number of aliphatic hydroxyl groups is 1. The van der Waals surface area contributed by atoms with Crippen molar-refractivity contribution >= 4 is 11.6 Å². The summed E-state index contributed by atoms with van der Waals surface area (Å²) in [5.74, 6) is 2.01. The van der Waals surface area contributed by atoms with Crippen molar-refractivity contribution in [2.45, 2.75) is 19.7 Å². The SMILES string of the molecule is CNCc1nc(COc2cccc(Cl)c2)nn1CCO. The van der Waals surface area contributed by atoms with Gasteiger partial charge in [0, 0.05) is 5.02 Å². The maximum Gasteiger partial charge on any atom is 0.188 e. The van der Waals surface area contributed by atoms with Gasteiger partial charge in [-0.25, -0.2) is 9.67 Å². The van der Waals surface area contributed by atoms with Crippen LogP contribution in [0.3, 0.4) is 0 Å². The highest BCUT2D eigenvalue weighted by Gasteiger charge is 2.09. The van der Waals surface area contributed by atoms with Gasteiger partial charge in [0.1, 0.15) is 18.2 Å². The molecule has 108 valence electrons. The van der Waals surface area contributed by atoms with Crippen LogP contribution in [0.2, 0.25) is 5.02 Å². The van der Waals surface area contributed by atoms with Gasteiger partial charge < -0.3 is 15.2 Å². The summed E-state index contributed by atoms with van der Waals surface area (Å²) in [5, 5.41) is 16.9. The summed E-state index contributed by atoms with van der Waals surface area (Å²) in [7, 11) is 1.83. The van der Waals surface area contributed by atoms with Crippen molar-refractivity contribution < 1.29 is 9.84 Å². The molecular weight excluding hydrogens is 280 g/mol. The second kappa shape index (κ2) is 7.23. The number of nitrogens with one attached hydrogen (secondary N) is 1. The van der Waals surface area contributed by atoms with Crippen LogP contribution in [-0.2, 0) is 19.7 Å². The first-order valence-corrected chi connectivity index (χ1v) is 6.67. The van der Waals surface area contributed by atoms with Gasteiger partial charge in [-0.05, 0) is 25.2 Å². The van der Waals surface area contributed by atoms with Gasteiger partial charge in [0.15, 0.2) is 5.82 Å². The molecule has 0 radical (unpaired) electrons. The average Bonchev–Trinajstić information content (AvgIpc) is 2.80. The molecule has 6 nitrogen and oxygen atoms in total. The second-order valence-corrected chi connectivity index (χ2v) is 4.60. The van der Waals surface area contributed by atoms with Crippen molar-refractivity contribution in [2.75, 3.05) is 13.7 Å². The van der Waals surface area contributed by atoms with Crippen molar-refractivity contribution in [2.24, 2.45) is 0 Å². The van der Waals surface area contributed by atoms with Crippen LogP contribution < -0.4 is 10.1 Å². The minimum atomic E-state index is 0.0225. The molecule has 0 amide bonds. The maximum absolute atomic E-state index is 9.01. The third kappa shape index (κ3) is 3.93. The van der Waals surface area contributed by atoms with E-state index in [-0.39, 0.29) is 13.2 Å². The Labute approximate surface area is 122 Å². The van der Waals surface area contributed by atoms with Crippen LogP contribution >= 0.6 is 11.6 Å². The molecule has 0 unspecified atom stereocenters. The monoisotopic (exact) mass is 296 g/mol. The van der Waals surface area contributed by atoms with E-state index in [0.29, 0.717) is 29.7 Å². The standard InChI is InChI=1S/C13H17ClN4O2/c1-15-8-13-16-12(17-18(13)5-6-19)9-20-11-4-2-3-10(14)7-11/h2-4,7,15,19H,5-6,8-9H2,1H3.